The van der Waals surface area contributed by atoms with Crippen molar-refractivity contribution in [3.05, 3.63) is 44.0 Å². The van der Waals surface area contributed by atoms with Crippen molar-refractivity contribution in [1.82, 2.24) is 20.5 Å². The Bertz CT molecular complexity index is 558. The second-order valence-corrected chi connectivity index (χ2v) is 5.77. The van der Waals surface area contributed by atoms with E-state index in [-0.39, 0.29) is 11.9 Å². The summed E-state index contributed by atoms with van der Waals surface area (Å²) < 4.78 is 1.78. The maximum absolute atomic E-state index is 12.1. The van der Waals surface area contributed by atoms with Crippen LogP contribution in [0.2, 0.25) is 0 Å². The van der Waals surface area contributed by atoms with Crippen molar-refractivity contribution in [2.75, 3.05) is 0 Å². The van der Waals surface area contributed by atoms with Gasteiger partial charge in [0.1, 0.15) is 12.2 Å². The van der Waals surface area contributed by atoms with Crippen LogP contribution in [0, 0.1) is 3.57 Å². The zero-order chi connectivity index (χ0) is 13.1. The molecule has 0 bridgehead atoms. The van der Waals surface area contributed by atoms with Crippen LogP contribution < -0.4 is 5.32 Å². The van der Waals surface area contributed by atoms with Crippen LogP contribution >= 0.6 is 38.5 Å². The number of aromatic nitrogens is 3. The fraction of sp³-hybridized carbons (Fsp3) is 0.182. The number of amides is 1. The first-order valence-corrected chi connectivity index (χ1v) is 7.06. The molecular weight excluding hydrogens is 411 g/mol. The molecule has 94 valence electrons. The van der Waals surface area contributed by atoms with Crippen LogP contribution in [0.3, 0.4) is 0 Å². The number of hydrogen-bond donors (Lipinski definition) is 2. The van der Waals surface area contributed by atoms with Crippen LogP contribution in [0.15, 0.2) is 29.0 Å². The molecule has 0 spiro atoms. The molecule has 1 aromatic heterocycles. The Kier molecular flexibility index (Phi) is 4.33. The van der Waals surface area contributed by atoms with Gasteiger partial charge in [0.25, 0.3) is 5.91 Å². The second kappa shape index (κ2) is 5.79. The fourth-order valence-corrected chi connectivity index (χ4v) is 2.38. The van der Waals surface area contributed by atoms with Crippen LogP contribution in [0.1, 0.15) is 29.1 Å². The van der Waals surface area contributed by atoms with Gasteiger partial charge in [0.05, 0.1) is 11.6 Å². The van der Waals surface area contributed by atoms with E-state index in [0.717, 1.165) is 8.04 Å². The number of carbonyl (C=O) groups is 1. The van der Waals surface area contributed by atoms with Gasteiger partial charge in [-0.05, 0) is 47.7 Å². The molecular formula is C11H10BrIN4O. The summed E-state index contributed by atoms with van der Waals surface area (Å²) in [5, 5.41) is 9.36. The lowest BCUT2D eigenvalue weighted by atomic mass is 10.2. The molecule has 1 atom stereocenters. The first-order chi connectivity index (χ1) is 8.58. The van der Waals surface area contributed by atoms with Crippen molar-refractivity contribution in [1.29, 1.82) is 0 Å². The van der Waals surface area contributed by atoms with E-state index < -0.39 is 0 Å². The molecule has 0 aliphatic rings. The molecule has 1 heterocycles. The van der Waals surface area contributed by atoms with E-state index in [1.807, 2.05) is 19.1 Å². The topological polar surface area (TPSA) is 70.7 Å². The minimum Gasteiger partial charge on any atom is -0.342 e. The maximum atomic E-state index is 12.1. The van der Waals surface area contributed by atoms with Gasteiger partial charge in [0, 0.05) is 8.04 Å². The molecule has 0 radical (unpaired) electrons. The van der Waals surface area contributed by atoms with Crippen LogP contribution in [0.4, 0.5) is 0 Å². The first kappa shape index (κ1) is 13.5. The van der Waals surface area contributed by atoms with E-state index in [1.54, 1.807) is 6.07 Å². The Labute approximate surface area is 126 Å². The summed E-state index contributed by atoms with van der Waals surface area (Å²) in [5.74, 6) is 0.498. The minimum atomic E-state index is -0.213. The average molecular weight is 421 g/mol. The molecule has 0 aliphatic carbocycles. The average Bonchev–Trinajstić information content (AvgIpc) is 2.85. The van der Waals surface area contributed by atoms with Crippen molar-refractivity contribution in [3.8, 4) is 0 Å². The molecule has 0 saturated carbocycles. The SMILES string of the molecule is CC(NC(=O)c1cc(Br)ccc1I)c1ncn[nH]1. The van der Waals surface area contributed by atoms with Crippen molar-refractivity contribution >= 4 is 44.4 Å². The van der Waals surface area contributed by atoms with Gasteiger partial charge in [0.15, 0.2) is 0 Å². The summed E-state index contributed by atoms with van der Waals surface area (Å²) in [6.07, 6.45) is 1.42. The van der Waals surface area contributed by atoms with Crippen LogP contribution in [-0.2, 0) is 0 Å². The largest absolute Gasteiger partial charge is 0.342 e. The number of H-pyrrole nitrogens is 1. The third kappa shape index (κ3) is 3.08. The predicted molar refractivity (Wildman–Crippen MR) is 79.1 cm³/mol. The van der Waals surface area contributed by atoms with Crippen LogP contribution in [-0.4, -0.2) is 21.1 Å². The van der Waals surface area contributed by atoms with E-state index in [9.17, 15) is 4.79 Å². The third-order valence-electron chi connectivity index (χ3n) is 2.36. The molecule has 0 aliphatic heterocycles. The predicted octanol–water partition coefficient (Wildman–Crippen LogP) is 2.66. The number of nitrogens with zero attached hydrogens (tertiary/aromatic N) is 2. The second-order valence-electron chi connectivity index (χ2n) is 3.69. The van der Waals surface area contributed by atoms with E-state index in [4.69, 9.17) is 0 Å². The van der Waals surface area contributed by atoms with Gasteiger partial charge >= 0.3 is 0 Å². The van der Waals surface area contributed by atoms with E-state index >= 15 is 0 Å². The Balaban J connectivity index is 2.15. The number of aromatic amines is 1. The van der Waals surface area contributed by atoms with Gasteiger partial charge in [-0.25, -0.2) is 4.98 Å². The summed E-state index contributed by atoms with van der Waals surface area (Å²) in [6.45, 7) is 1.85. The molecule has 18 heavy (non-hydrogen) atoms. The molecule has 7 heteroatoms. The van der Waals surface area contributed by atoms with E-state index in [0.29, 0.717) is 11.4 Å². The first-order valence-electron chi connectivity index (χ1n) is 5.19. The lowest BCUT2D eigenvalue weighted by Gasteiger charge is -2.12. The number of carbonyl (C=O) groups excluding carboxylic acids is 1. The molecule has 2 N–H and O–H groups in total. The highest BCUT2D eigenvalue weighted by Crippen LogP contribution is 2.19. The summed E-state index contributed by atoms with van der Waals surface area (Å²) in [7, 11) is 0. The van der Waals surface area contributed by atoms with Gasteiger partial charge in [-0.15, -0.1) is 0 Å². The zero-order valence-electron chi connectivity index (χ0n) is 9.45. The highest BCUT2D eigenvalue weighted by atomic mass is 127. The van der Waals surface area contributed by atoms with Gasteiger partial charge in [-0.1, -0.05) is 15.9 Å². The Morgan fingerprint density at radius 2 is 2.33 bits per heavy atom. The number of halogens is 2. The normalized spacial score (nSPS) is 12.2. The van der Waals surface area contributed by atoms with Crippen LogP contribution in [0.5, 0.6) is 0 Å². The van der Waals surface area contributed by atoms with Gasteiger partial charge in [0.2, 0.25) is 0 Å². The van der Waals surface area contributed by atoms with Gasteiger partial charge < -0.3 is 5.32 Å². The van der Waals surface area contributed by atoms with Crippen molar-refractivity contribution in [2.45, 2.75) is 13.0 Å². The number of nitrogens with one attached hydrogen (secondary N) is 2. The summed E-state index contributed by atoms with van der Waals surface area (Å²) in [6, 6.07) is 5.37. The van der Waals surface area contributed by atoms with Gasteiger partial charge in [-0.3, -0.25) is 9.89 Å². The molecule has 0 fully saturated rings. The van der Waals surface area contributed by atoms with Crippen molar-refractivity contribution < 1.29 is 4.79 Å². The minimum absolute atomic E-state index is 0.135. The molecule has 1 amide bonds. The summed E-state index contributed by atoms with van der Waals surface area (Å²) in [4.78, 5) is 16.1. The number of benzene rings is 1. The van der Waals surface area contributed by atoms with Gasteiger partial charge in [-0.2, -0.15) is 5.10 Å². The molecule has 5 nitrogen and oxygen atoms in total. The quantitative estimate of drug-likeness (QED) is 0.750. The monoisotopic (exact) mass is 420 g/mol. The highest BCUT2D eigenvalue weighted by Gasteiger charge is 2.15. The standard InChI is InChI=1S/C11H10BrIN4O/c1-6(10-14-5-15-17-10)16-11(18)8-4-7(12)2-3-9(8)13/h2-6H,1H3,(H,16,18)(H,14,15,17). The third-order valence-corrected chi connectivity index (χ3v) is 3.80. The van der Waals surface area contributed by atoms with E-state index in [1.165, 1.54) is 6.33 Å². The Morgan fingerprint density at radius 3 is 3.00 bits per heavy atom. The smallest absolute Gasteiger partial charge is 0.252 e. The molecule has 0 saturated heterocycles. The Hall–Kier alpha value is -0.960. The zero-order valence-corrected chi connectivity index (χ0v) is 13.2. The molecule has 2 rings (SSSR count). The van der Waals surface area contributed by atoms with Crippen molar-refractivity contribution in [2.24, 2.45) is 0 Å². The van der Waals surface area contributed by atoms with E-state index in [2.05, 4.69) is 59.0 Å². The summed E-state index contributed by atoms with van der Waals surface area (Å²) >= 11 is 5.49. The lowest BCUT2D eigenvalue weighted by Crippen LogP contribution is -2.28. The molecule has 2 aromatic rings. The van der Waals surface area contributed by atoms with Crippen LogP contribution in [0.25, 0.3) is 0 Å². The fourth-order valence-electron chi connectivity index (χ4n) is 1.44. The number of rotatable bonds is 3. The highest BCUT2D eigenvalue weighted by molar-refractivity contribution is 14.1. The van der Waals surface area contributed by atoms with Crippen molar-refractivity contribution in [3.63, 3.8) is 0 Å². The lowest BCUT2D eigenvalue weighted by molar-refractivity contribution is 0.0937. The Morgan fingerprint density at radius 1 is 1.56 bits per heavy atom. The molecule has 1 aromatic carbocycles. The number of hydrogen-bond acceptors (Lipinski definition) is 3. The maximum Gasteiger partial charge on any atom is 0.252 e. The summed E-state index contributed by atoms with van der Waals surface area (Å²) in [5.41, 5.74) is 0.636. The molecule has 1 unspecified atom stereocenters.